The first kappa shape index (κ1) is 53.2. The van der Waals surface area contributed by atoms with Crippen LogP contribution in [0.1, 0.15) is 239 Å². The molecule has 1 amide bonds. The van der Waals surface area contributed by atoms with Crippen LogP contribution in [0.2, 0.25) is 0 Å². The van der Waals surface area contributed by atoms with Gasteiger partial charge in [-0.2, -0.15) is 0 Å². The molecule has 0 aliphatic heterocycles. The molecular formula is C48H94N2O5. The lowest BCUT2D eigenvalue weighted by molar-refractivity contribution is -0.150. The molecule has 0 fully saturated rings. The third kappa shape index (κ3) is 40.2. The monoisotopic (exact) mass is 779 g/mol. The average molecular weight is 779 g/mol. The van der Waals surface area contributed by atoms with Gasteiger partial charge in [0.25, 0.3) is 0 Å². The molecule has 0 radical (unpaired) electrons. The van der Waals surface area contributed by atoms with Crippen LogP contribution < -0.4 is 5.32 Å². The van der Waals surface area contributed by atoms with Crippen molar-refractivity contribution in [1.82, 2.24) is 10.2 Å². The number of amides is 1. The van der Waals surface area contributed by atoms with Gasteiger partial charge in [0, 0.05) is 26.4 Å². The molecule has 0 aliphatic carbocycles. The molecule has 0 rings (SSSR count). The van der Waals surface area contributed by atoms with Crippen molar-refractivity contribution in [3.63, 3.8) is 0 Å². The second kappa shape index (κ2) is 43.4. The summed E-state index contributed by atoms with van der Waals surface area (Å²) in [6, 6.07) is 0. The molecule has 0 aromatic heterocycles. The molecule has 55 heavy (non-hydrogen) atoms. The number of unbranched alkanes of at least 4 members (excludes halogenated alkanes) is 24. The number of esters is 1. The molecule has 0 saturated carbocycles. The van der Waals surface area contributed by atoms with Crippen LogP contribution in [-0.2, 0) is 19.0 Å². The van der Waals surface area contributed by atoms with Gasteiger partial charge in [-0.3, -0.25) is 4.79 Å². The highest BCUT2D eigenvalue weighted by atomic mass is 16.5. The van der Waals surface area contributed by atoms with Gasteiger partial charge in [0.15, 0.2) is 0 Å². The fourth-order valence-corrected chi connectivity index (χ4v) is 7.34. The Morgan fingerprint density at radius 3 is 1.40 bits per heavy atom. The second-order valence-electron chi connectivity index (χ2n) is 16.3. The summed E-state index contributed by atoms with van der Waals surface area (Å²) in [5, 5.41) is 2.53. The molecule has 7 nitrogen and oxygen atoms in total. The summed E-state index contributed by atoms with van der Waals surface area (Å²) in [4.78, 5) is 26.8. The molecule has 1 N–H and O–H groups in total. The van der Waals surface area contributed by atoms with Crippen molar-refractivity contribution in [2.24, 2.45) is 0 Å². The van der Waals surface area contributed by atoms with Crippen molar-refractivity contribution in [1.29, 1.82) is 0 Å². The number of carbonyl (C=O) groups excluding carboxylic acids is 2. The van der Waals surface area contributed by atoms with E-state index >= 15 is 0 Å². The Morgan fingerprint density at radius 1 is 0.491 bits per heavy atom. The van der Waals surface area contributed by atoms with Gasteiger partial charge in [0.05, 0.1) is 19.0 Å². The number of rotatable bonds is 44. The van der Waals surface area contributed by atoms with Gasteiger partial charge in [0.2, 0.25) is 0 Å². The maximum atomic E-state index is 12.8. The molecule has 0 aliphatic rings. The standard InChI is InChI=1S/C48H94N2O5/c1-6-9-12-15-18-27-34-43-53-45(4)36-28-21-19-25-32-40-50(42-35-44-54-48(52)49-5)41-33-26-20-24-31-39-47(51)55-46(37-29-22-16-13-10-7-2)38-30-23-17-14-11-8-3/h46H,4,6-44H2,1-3,5H3,(H,49,52). The lowest BCUT2D eigenvalue weighted by Crippen LogP contribution is -2.29. The normalized spacial score (nSPS) is 11.4. The summed E-state index contributed by atoms with van der Waals surface area (Å²) in [6.07, 6.45) is 40.4. The van der Waals surface area contributed by atoms with E-state index in [4.69, 9.17) is 14.2 Å². The van der Waals surface area contributed by atoms with Gasteiger partial charge in [-0.25, -0.2) is 4.79 Å². The molecule has 0 unspecified atom stereocenters. The van der Waals surface area contributed by atoms with E-state index in [1.54, 1.807) is 7.05 Å². The predicted octanol–water partition coefficient (Wildman–Crippen LogP) is 14.4. The Kier molecular flexibility index (Phi) is 42.0. The van der Waals surface area contributed by atoms with Crippen molar-refractivity contribution in [3.8, 4) is 0 Å². The number of nitrogens with zero attached hydrogens (tertiary/aromatic N) is 1. The molecule has 0 spiro atoms. The topological polar surface area (TPSA) is 77.1 Å². The zero-order chi connectivity index (χ0) is 40.3. The van der Waals surface area contributed by atoms with Crippen molar-refractivity contribution in [3.05, 3.63) is 12.3 Å². The van der Waals surface area contributed by atoms with E-state index in [2.05, 4.69) is 37.6 Å². The third-order valence-corrected chi connectivity index (χ3v) is 11.0. The zero-order valence-corrected chi connectivity index (χ0v) is 37.4. The van der Waals surface area contributed by atoms with Crippen molar-refractivity contribution in [2.75, 3.05) is 39.9 Å². The number of hydrogen-bond acceptors (Lipinski definition) is 6. The summed E-state index contributed by atoms with van der Waals surface area (Å²) >= 11 is 0. The Hall–Kier alpha value is -1.76. The van der Waals surface area contributed by atoms with Gasteiger partial charge >= 0.3 is 12.1 Å². The highest BCUT2D eigenvalue weighted by Crippen LogP contribution is 2.19. The molecule has 326 valence electrons. The van der Waals surface area contributed by atoms with Crippen LogP contribution >= 0.6 is 0 Å². The number of alkyl carbamates (subject to hydrolysis) is 1. The molecule has 0 aromatic rings. The van der Waals surface area contributed by atoms with Crippen LogP contribution in [0, 0.1) is 0 Å². The van der Waals surface area contributed by atoms with E-state index in [9.17, 15) is 9.59 Å². The van der Waals surface area contributed by atoms with Crippen LogP contribution in [0.3, 0.4) is 0 Å². The van der Waals surface area contributed by atoms with E-state index < -0.39 is 0 Å². The van der Waals surface area contributed by atoms with Crippen molar-refractivity contribution >= 4 is 12.1 Å². The summed E-state index contributed by atoms with van der Waals surface area (Å²) in [6.45, 7) is 15.3. The van der Waals surface area contributed by atoms with E-state index in [0.717, 1.165) is 89.8 Å². The summed E-state index contributed by atoms with van der Waals surface area (Å²) in [5.41, 5.74) is 0. The summed E-state index contributed by atoms with van der Waals surface area (Å²) < 4.78 is 17.2. The largest absolute Gasteiger partial charge is 0.499 e. The zero-order valence-electron chi connectivity index (χ0n) is 37.4. The average Bonchev–Trinajstić information content (AvgIpc) is 3.18. The van der Waals surface area contributed by atoms with E-state index in [-0.39, 0.29) is 18.2 Å². The number of carbonyl (C=O) groups is 2. The number of allylic oxidation sites excluding steroid dienone is 1. The molecule has 7 heteroatoms. The number of nitrogens with one attached hydrogen (secondary N) is 1. The van der Waals surface area contributed by atoms with Crippen LogP contribution in [0.5, 0.6) is 0 Å². The quantitative estimate of drug-likeness (QED) is 0.0377. The molecule has 0 heterocycles. The first-order valence-corrected chi connectivity index (χ1v) is 24.0. The highest BCUT2D eigenvalue weighted by molar-refractivity contribution is 5.69. The number of ether oxygens (including phenoxy) is 3. The Bertz CT molecular complexity index is 821. The molecular weight excluding hydrogens is 685 g/mol. The Balaban J connectivity index is 4.29. The fourth-order valence-electron chi connectivity index (χ4n) is 7.34. The van der Waals surface area contributed by atoms with E-state index in [1.807, 2.05) is 0 Å². The minimum atomic E-state index is -0.354. The first-order valence-electron chi connectivity index (χ1n) is 24.0. The third-order valence-electron chi connectivity index (χ3n) is 11.0. The maximum absolute atomic E-state index is 12.8. The van der Waals surface area contributed by atoms with Crippen LogP contribution in [0.4, 0.5) is 4.79 Å². The summed E-state index contributed by atoms with van der Waals surface area (Å²) in [7, 11) is 1.60. The minimum Gasteiger partial charge on any atom is -0.499 e. The molecule has 0 aromatic carbocycles. The SMILES string of the molecule is C=C(CCCCCCCN(CCCCCCCC(=O)OC(CCCCCCCC)CCCCCCCC)CCCOC(=O)NC)OCCCCCCCCC. The maximum Gasteiger partial charge on any atom is 0.406 e. The van der Waals surface area contributed by atoms with Crippen LogP contribution in [0.15, 0.2) is 12.3 Å². The van der Waals surface area contributed by atoms with Gasteiger partial charge in [-0.05, 0) is 77.3 Å². The van der Waals surface area contributed by atoms with Gasteiger partial charge in [-0.1, -0.05) is 169 Å². The Labute approximate surface area is 342 Å². The van der Waals surface area contributed by atoms with Crippen LogP contribution in [-0.4, -0.2) is 63.0 Å². The molecule has 0 bridgehead atoms. The lowest BCUT2D eigenvalue weighted by Gasteiger charge is -2.22. The van der Waals surface area contributed by atoms with E-state index in [0.29, 0.717) is 13.0 Å². The Morgan fingerprint density at radius 2 is 0.891 bits per heavy atom. The molecule has 0 saturated heterocycles. The van der Waals surface area contributed by atoms with Crippen molar-refractivity contribution in [2.45, 2.75) is 245 Å². The van der Waals surface area contributed by atoms with Crippen molar-refractivity contribution < 1.29 is 23.8 Å². The van der Waals surface area contributed by atoms with E-state index in [1.165, 1.54) is 154 Å². The van der Waals surface area contributed by atoms with Gasteiger partial charge < -0.3 is 24.4 Å². The van der Waals surface area contributed by atoms with Gasteiger partial charge in [0.1, 0.15) is 6.10 Å². The molecule has 0 atom stereocenters. The summed E-state index contributed by atoms with van der Waals surface area (Å²) in [5.74, 6) is 0.978. The predicted molar refractivity (Wildman–Crippen MR) is 236 cm³/mol. The fraction of sp³-hybridized carbons (Fsp3) is 0.917. The smallest absolute Gasteiger partial charge is 0.406 e. The van der Waals surface area contributed by atoms with Crippen LogP contribution in [0.25, 0.3) is 0 Å². The lowest BCUT2D eigenvalue weighted by atomic mass is 10.0. The second-order valence-corrected chi connectivity index (χ2v) is 16.3. The highest BCUT2D eigenvalue weighted by Gasteiger charge is 2.14. The van der Waals surface area contributed by atoms with Gasteiger partial charge in [-0.15, -0.1) is 0 Å². The minimum absolute atomic E-state index is 0.0178. The first-order chi connectivity index (χ1) is 27.0. The number of hydrogen-bond donors (Lipinski definition) is 1.